The molecule has 2 N–H and O–H groups in total. The summed E-state index contributed by atoms with van der Waals surface area (Å²) in [7, 11) is 0. The van der Waals surface area contributed by atoms with Crippen molar-refractivity contribution in [3.63, 3.8) is 0 Å². The Labute approximate surface area is 117 Å². The molecule has 0 amide bonds. The third-order valence-corrected chi connectivity index (χ3v) is 3.53. The highest BCUT2D eigenvalue weighted by molar-refractivity contribution is 5.69. The van der Waals surface area contributed by atoms with Gasteiger partial charge in [-0.25, -0.2) is 0 Å². The number of carbonyl (C=O) groups is 1. The highest BCUT2D eigenvalue weighted by Gasteiger charge is 2.23. The first kappa shape index (κ1) is 12.7. The molecule has 2 aromatic rings. The summed E-state index contributed by atoms with van der Waals surface area (Å²) in [6, 6.07) is 8.15. The molecule has 5 heteroatoms. The fourth-order valence-electron chi connectivity index (χ4n) is 2.63. The Kier molecular flexibility index (Phi) is 3.41. The average molecular weight is 271 g/mol. The standard InChI is InChI=1S/C15H17N3O2/c16-12-8-17-18(9-12)10-15(19)20-14-7-3-5-11-4-1-2-6-13(11)14/h1-2,4,6,8-9,14H,3,5,7,10,16H2. The van der Waals surface area contributed by atoms with Crippen LogP contribution in [-0.2, 0) is 22.5 Å². The topological polar surface area (TPSA) is 70.1 Å². The maximum absolute atomic E-state index is 12.0. The number of fused-ring (bicyclic) bond motifs is 1. The minimum absolute atomic E-state index is 0.0931. The monoisotopic (exact) mass is 271 g/mol. The molecule has 20 heavy (non-hydrogen) atoms. The van der Waals surface area contributed by atoms with E-state index in [1.54, 1.807) is 6.20 Å². The van der Waals surface area contributed by atoms with E-state index in [9.17, 15) is 4.79 Å². The molecule has 1 unspecified atom stereocenters. The summed E-state index contributed by atoms with van der Waals surface area (Å²) >= 11 is 0. The van der Waals surface area contributed by atoms with Crippen LogP contribution < -0.4 is 5.73 Å². The van der Waals surface area contributed by atoms with Crippen LogP contribution in [0.3, 0.4) is 0 Å². The second-order valence-corrected chi connectivity index (χ2v) is 5.04. The number of hydrogen-bond donors (Lipinski definition) is 1. The van der Waals surface area contributed by atoms with Crippen molar-refractivity contribution in [3.05, 3.63) is 47.8 Å². The molecule has 0 saturated heterocycles. The first-order chi connectivity index (χ1) is 9.72. The lowest BCUT2D eigenvalue weighted by atomic mass is 9.89. The highest BCUT2D eigenvalue weighted by Crippen LogP contribution is 2.32. The molecular weight excluding hydrogens is 254 g/mol. The zero-order chi connectivity index (χ0) is 13.9. The van der Waals surface area contributed by atoms with E-state index in [0.717, 1.165) is 24.8 Å². The number of aromatic nitrogens is 2. The summed E-state index contributed by atoms with van der Waals surface area (Å²) in [5, 5.41) is 3.98. The maximum atomic E-state index is 12.0. The Morgan fingerprint density at radius 3 is 3.10 bits per heavy atom. The van der Waals surface area contributed by atoms with Gasteiger partial charge in [-0.15, -0.1) is 0 Å². The summed E-state index contributed by atoms with van der Waals surface area (Å²) in [4.78, 5) is 12.0. The molecule has 0 fully saturated rings. The van der Waals surface area contributed by atoms with Crippen molar-refractivity contribution >= 4 is 11.7 Å². The predicted octanol–water partition coefficient (Wildman–Crippen LogP) is 2.09. The van der Waals surface area contributed by atoms with Crippen LogP contribution in [0, 0.1) is 0 Å². The third kappa shape index (κ3) is 2.66. The lowest BCUT2D eigenvalue weighted by molar-refractivity contribution is -0.151. The first-order valence-corrected chi connectivity index (χ1v) is 6.77. The van der Waals surface area contributed by atoms with Gasteiger partial charge >= 0.3 is 5.97 Å². The molecular formula is C15H17N3O2. The van der Waals surface area contributed by atoms with Gasteiger partial charge in [0.15, 0.2) is 0 Å². The molecule has 1 aliphatic carbocycles. The number of anilines is 1. The van der Waals surface area contributed by atoms with Gasteiger partial charge in [0, 0.05) is 6.20 Å². The summed E-state index contributed by atoms with van der Waals surface area (Å²) in [5.41, 5.74) is 8.52. The largest absolute Gasteiger partial charge is 0.456 e. The Morgan fingerprint density at radius 1 is 1.45 bits per heavy atom. The number of benzene rings is 1. The second kappa shape index (κ2) is 5.36. The van der Waals surface area contributed by atoms with Gasteiger partial charge in [-0.1, -0.05) is 24.3 Å². The van der Waals surface area contributed by atoms with Crippen LogP contribution in [0.15, 0.2) is 36.7 Å². The van der Waals surface area contributed by atoms with Crippen molar-refractivity contribution in [3.8, 4) is 0 Å². The molecule has 0 spiro atoms. The summed E-state index contributed by atoms with van der Waals surface area (Å²) in [5.74, 6) is -0.283. The molecule has 1 aromatic carbocycles. The Bertz CT molecular complexity index is 621. The van der Waals surface area contributed by atoms with Gasteiger partial charge < -0.3 is 10.5 Å². The van der Waals surface area contributed by atoms with Crippen LogP contribution in [0.5, 0.6) is 0 Å². The van der Waals surface area contributed by atoms with Crippen LogP contribution in [0.4, 0.5) is 5.69 Å². The van der Waals surface area contributed by atoms with Gasteiger partial charge in [-0.2, -0.15) is 5.10 Å². The van der Waals surface area contributed by atoms with E-state index >= 15 is 0 Å². The van der Waals surface area contributed by atoms with E-state index in [4.69, 9.17) is 10.5 Å². The van der Waals surface area contributed by atoms with Crippen LogP contribution in [-0.4, -0.2) is 15.7 Å². The number of aryl methyl sites for hydroxylation is 1. The number of nitrogens with zero attached hydrogens (tertiary/aromatic N) is 2. The fourth-order valence-corrected chi connectivity index (χ4v) is 2.63. The number of esters is 1. The lowest BCUT2D eigenvalue weighted by Gasteiger charge is -2.25. The third-order valence-electron chi connectivity index (χ3n) is 3.53. The number of hydrogen-bond acceptors (Lipinski definition) is 4. The molecule has 1 aromatic heterocycles. The molecule has 0 radical (unpaired) electrons. The van der Waals surface area contributed by atoms with E-state index in [0.29, 0.717) is 5.69 Å². The minimum Gasteiger partial charge on any atom is -0.456 e. The number of nitrogens with two attached hydrogens (primary N) is 1. The second-order valence-electron chi connectivity index (χ2n) is 5.04. The number of rotatable bonds is 3. The van der Waals surface area contributed by atoms with E-state index in [1.807, 2.05) is 18.2 Å². The molecule has 0 saturated carbocycles. The Morgan fingerprint density at radius 2 is 2.30 bits per heavy atom. The van der Waals surface area contributed by atoms with E-state index in [2.05, 4.69) is 11.2 Å². The van der Waals surface area contributed by atoms with Gasteiger partial charge in [-0.05, 0) is 30.4 Å². The molecule has 1 atom stereocenters. The van der Waals surface area contributed by atoms with Crippen LogP contribution >= 0.6 is 0 Å². The lowest BCUT2D eigenvalue weighted by Crippen LogP contribution is -2.20. The van der Waals surface area contributed by atoms with Crippen molar-refractivity contribution in [1.82, 2.24) is 9.78 Å². The molecule has 0 aliphatic heterocycles. The zero-order valence-electron chi connectivity index (χ0n) is 11.2. The first-order valence-electron chi connectivity index (χ1n) is 6.77. The van der Waals surface area contributed by atoms with Crippen molar-refractivity contribution in [2.75, 3.05) is 5.73 Å². The van der Waals surface area contributed by atoms with Crippen LogP contribution in [0.2, 0.25) is 0 Å². The fraction of sp³-hybridized carbons (Fsp3) is 0.333. The van der Waals surface area contributed by atoms with Gasteiger partial charge in [0.1, 0.15) is 12.6 Å². The van der Waals surface area contributed by atoms with Crippen molar-refractivity contribution in [2.24, 2.45) is 0 Å². The van der Waals surface area contributed by atoms with Gasteiger partial charge in [0.2, 0.25) is 0 Å². The molecule has 104 valence electrons. The summed E-state index contributed by atoms with van der Waals surface area (Å²) in [6.07, 6.45) is 5.98. The Hall–Kier alpha value is -2.30. The van der Waals surface area contributed by atoms with Crippen molar-refractivity contribution in [1.29, 1.82) is 0 Å². The molecule has 0 bridgehead atoms. The average Bonchev–Trinajstić information content (AvgIpc) is 2.84. The van der Waals surface area contributed by atoms with Crippen LogP contribution in [0.1, 0.15) is 30.1 Å². The molecule has 1 heterocycles. The number of carbonyl (C=O) groups excluding carboxylic acids is 1. The Balaban J connectivity index is 1.68. The van der Waals surface area contributed by atoms with Crippen molar-refractivity contribution in [2.45, 2.75) is 31.9 Å². The molecule has 3 rings (SSSR count). The molecule has 5 nitrogen and oxygen atoms in total. The minimum atomic E-state index is -0.283. The number of nitrogen functional groups attached to an aromatic ring is 1. The van der Waals surface area contributed by atoms with Gasteiger partial charge in [0.05, 0.1) is 11.9 Å². The van der Waals surface area contributed by atoms with Crippen LogP contribution in [0.25, 0.3) is 0 Å². The van der Waals surface area contributed by atoms with Gasteiger partial charge in [-0.3, -0.25) is 9.48 Å². The van der Waals surface area contributed by atoms with E-state index < -0.39 is 0 Å². The smallest absolute Gasteiger partial charge is 0.328 e. The van der Waals surface area contributed by atoms with Crippen molar-refractivity contribution < 1.29 is 9.53 Å². The SMILES string of the molecule is Nc1cnn(CC(=O)OC2CCCc3ccccc32)c1. The maximum Gasteiger partial charge on any atom is 0.328 e. The van der Waals surface area contributed by atoms with E-state index in [-0.39, 0.29) is 18.6 Å². The molecule has 1 aliphatic rings. The van der Waals surface area contributed by atoms with E-state index in [1.165, 1.54) is 16.4 Å². The normalized spacial score (nSPS) is 17.5. The summed E-state index contributed by atoms with van der Waals surface area (Å²) in [6.45, 7) is 0.0931. The zero-order valence-corrected chi connectivity index (χ0v) is 11.2. The highest BCUT2D eigenvalue weighted by atomic mass is 16.5. The van der Waals surface area contributed by atoms with Gasteiger partial charge in [0.25, 0.3) is 0 Å². The predicted molar refractivity (Wildman–Crippen MR) is 74.9 cm³/mol. The quantitative estimate of drug-likeness (QED) is 0.868. The number of ether oxygens (including phenoxy) is 1. The summed E-state index contributed by atoms with van der Waals surface area (Å²) < 4.78 is 7.08.